The highest BCUT2D eigenvalue weighted by Gasteiger charge is 2.23. The van der Waals surface area contributed by atoms with Crippen molar-refractivity contribution in [2.75, 3.05) is 11.8 Å². The third kappa shape index (κ3) is 4.36. The lowest BCUT2D eigenvalue weighted by molar-refractivity contribution is -0.384. The quantitative estimate of drug-likeness (QED) is 0.187. The molecular weight excluding hydrogens is 469 g/mol. The third-order valence-corrected chi connectivity index (χ3v) is 6.14. The summed E-state index contributed by atoms with van der Waals surface area (Å²) in [7, 11) is -2.84. The Labute approximate surface area is 191 Å². The van der Waals surface area contributed by atoms with Crippen LogP contribution in [0, 0.1) is 15.9 Å². The first kappa shape index (κ1) is 22.7. The summed E-state index contributed by atoms with van der Waals surface area (Å²) in [6, 6.07) is 13.0. The van der Waals surface area contributed by atoms with E-state index in [9.17, 15) is 28.0 Å². The maximum Gasteiger partial charge on any atom is 0.298 e. The first-order valence-electron chi connectivity index (χ1n) is 9.56. The smallest absolute Gasteiger partial charge is 0.298 e. The van der Waals surface area contributed by atoms with Crippen LogP contribution >= 0.6 is 0 Å². The van der Waals surface area contributed by atoms with E-state index in [1.165, 1.54) is 25.3 Å². The van der Waals surface area contributed by atoms with Crippen LogP contribution in [-0.2, 0) is 10.0 Å². The average Bonchev–Trinajstić information content (AvgIpc) is 3.11. The fraction of sp³-hybridized carbons (Fsp3) is 0.0476. The normalized spacial score (nSPS) is 11.7. The van der Waals surface area contributed by atoms with Gasteiger partial charge in [0.05, 0.1) is 28.1 Å². The Kier molecular flexibility index (Phi) is 5.86. The number of nitrogens with zero attached hydrogens (tertiary/aromatic N) is 3. The monoisotopic (exact) mass is 485 g/mol. The lowest BCUT2D eigenvalue weighted by Gasteiger charge is -2.11. The van der Waals surface area contributed by atoms with Gasteiger partial charge in [0.2, 0.25) is 5.88 Å². The maximum absolute atomic E-state index is 13.6. The highest BCUT2D eigenvalue weighted by molar-refractivity contribution is 7.92. The summed E-state index contributed by atoms with van der Waals surface area (Å²) in [6.07, 6.45) is 0. The van der Waals surface area contributed by atoms with E-state index in [1.54, 1.807) is 18.2 Å². The van der Waals surface area contributed by atoms with Crippen molar-refractivity contribution in [3.05, 3.63) is 76.6 Å². The number of azo groups is 1. The summed E-state index contributed by atoms with van der Waals surface area (Å²) in [4.78, 5) is 13.0. The van der Waals surface area contributed by atoms with Gasteiger partial charge in [0.15, 0.2) is 11.4 Å². The highest BCUT2D eigenvalue weighted by atomic mass is 32.2. The van der Waals surface area contributed by atoms with E-state index in [-0.39, 0.29) is 33.1 Å². The van der Waals surface area contributed by atoms with Crippen molar-refractivity contribution >= 4 is 43.7 Å². The number of hydrogen-bond acceptors (Lipinski definition) is 8. The van der Waals surface area contributed by atoms with Crippen LogP contribution in [0.2, 0.25) is 0 Å². The molecule has 1 aromatic heterocycles. The van der Waals surface area contributed by atoms with Crippen LogP contribution in [0.15, 0.2) is 75.8 Å². The predicted molar refractivity (Wildman–Crippen MR) is 121 cm³/mol. The fourth-order valence-electron chi connectivity index (χ4n) is 3.17. The molecule has 3 aromatic carbocycles. The van der Waals surface area contributed by atoms with Gasteiger partial charge in [0.25, 0.3) is 15.7 Å². The summed E-state index contributed by atoms with van der Waals surface area (Å²) in [5, 5.41) is 29.5. The first-order chi connectivity index (χ1) is 16.2. The molecule has 34 heavy (non-hydrogen) atoms. The van der Waals surface area contributed by atoms with Crippen LogP contribution in [-0.4, -0.2) is 30.5 Å². The molecule has 0 unspecified atom stereocenters. The van der Waals surface area contributed by atoms with E-state index in [4.69, 9.17) is 4.74 Å². The SMILES string of the molecule is COc1ccccc1NS(=O)(=O)c1ccc(N=Nc2c(O)[nH]c3ccc(F)cc23)c([N+](=O)[O-])c1. The number of methoxy groups -OCH3 is 1. The fourth-order valence-corrected chi connectivity index (χ4v) is 4.26. The van der Waals surface area contributed by atoms with Gasteiger partial charge in [0, 0.05) is 11.5 Å². The number of aromatic nitrogens is 1. The van der Waals surface area contributed by atoms with Crippen molar-refractivity contribution in [1.29, 1.82) is 0 Å². The minimum Gasteiger partial charge on any atom is -0.495 e. The number of aromatic amines is 1. The zero-order chi connectivity index (χ0) is 24.5. The Bertz CT molecular complexity index is 1550. The Morgan fingerprint density at radius 3 is 2.62 bits per heavy atom. The number of nitrogens with one attached hydrogen (secondary N) is 2. The number of nitro groups is 1. The number of anilines is 1. The van der Waals surface area contributed by atoms with Crippen LogP contribution in [0.1, 0.15) is 0 Å². The van der Waals surface area contributed by atoms with Gasteiger partial charge in [-0.2, -0.15) is 0 Å². The van der Waals surface area contributed by atoms with E-state index in [2.05, 4.69) is 19.9 Å². The molecular formula is C21H16FN5O6S. The van der Waals surface area contributed by atoms with E-state index in [1.807, 2.05) is 0 Å². The third-order valence-electron chi connectivity index (χ3n) is 4.78. The minimum atomic E-state index is -4.21. The van der Waals surface area contributed by atoms with Crippen LogP contribution in [0.4, 0.5) is 27.1 Å². The van der Waals surface area contributed by atoms with Gasteiger partial charge in [-0.05, 0) is 42.5 Å². The second kappa shape index (κ2) is 8.78. The number of nitro benzene ring substituents is 1. The molecule has 0 atom stereocenters. The number of H-pyrrole nitrogens is 1. The molecule has 4 aromatic rings. The van der Waals surface area contributed by atoms with Crippen molar-refractivity contribution in [3.63, 3.8) is 0 Å². The number of aromatic hydroxyl groups is 1. The zero-order valence-corrected chi connectivity index (χ0v) is 18.2. The van der Waals surface area contributed by atoms with Gasteiger partial charge in [-0.3, -0.25) is 14.8 Å². The Balaban J connectivity index is 1.71. The zero-order valence-electron chi connectivity index (χ0n) is 17.4. The summed E-state index contributed by atoms with van der Waals surface area (Å²) < 4.78 is 46.6. The van der Waals surface area contributed by atoms with Gasteiger partial charge in [-0.1, -0.05) is 12.1 Å². The Hall–Kier alpha value is -4.52. The van der Waals surface area contributed by atoms with E-state index < -0.39 is 32.3 Å². The number of ether oxygens (including phenoxy) is 1. The number of benzene rings is 3. The topological polar surface area (TPSA) is 159 Å². The molecule has 0 saturated heterocycles. The molecule has 0 amide bonds. The molecule has 0 fully saturated rings. The maximum atomic E-state index is 13.6. The molecule has 0 saturated carbocycles. The Morgan fingerprint density at radius 2 is 1.88 bits per heavy atom. The second-order valence-corrected chi connectivity index (χ2v) is 8.61. The van der Waals surface area contributed by atoms with Gasteiger partial charge >= 0.3 is 0 Å². The molecule has 0 spiro atoms. The van der Waals surface area contributed by atoms with E-state index in [0.29, 0.717) is 5.52 Å². The summed E-state index contributed by atoms with van der Waals surface area (Å²) in [5.74, 6) is -0.723. The van der Waals surface area contributed by atoms with Gasteiger partial charge < -0.3 is 14.8 Å². The van der Waals surface area contributed by atoms with Crippen molar-refractivity contribution in [3.8, 4) is 11.6 Å². The van der Waals surface area contributed by atoms with Crippen molar-refractivity contribution in [2.45, 2.75) is 4.90 Å². The standard InChI is InChI=1S/C21H16FN5O6S/c1-33-19-5-3-2-4-17(19)26-34(31,32)13-7-9-16(18(11-13)27(29)30)24-25-20-14-10-12(22)6-8-15(14)23-21(20)28/h2-11,23,26,28H,1H3. The van der Waals surface area contributed by atoms with Crippen LogP contribution in [0.3, 0.4) is 0 Å². The lowest BCUT2D eigenvalue weighted by Crippen LogP contribution is -2.13. The number of rotatable bonds is 7. The van der Waals surface area contributed by atoms with Crippen molar-refractivity contribution < 1.29 is 27.6 Å². The number of halogens is 1. The molecule has 11 nitrogen and oxygen atoms in total. The Morgan fingerprint density at radius 1 is 1.12 bits per heavy atom. The summed E-state index contributed by atoms with van der Waals surface area (Å²) in [5.41, 5.74) is -0.508. The average molecular weight is 485 g/mol. The molecule has 0 radical (unpaired) electrons. The molecule has 0 aliphatic rings. The second-order valence-electron chi connectivity index (χ2n) is 6.93. The van der Waals surface area contributed by atoms with E-state index >= 15 is 0 Å². The van der Waals surface area contributed by atoms with E-state index in [0.717, 1.165) is 24.3 Å². The van der Waals surface area contributed by atoms with Crippen molar-refractivity contribution in [2.24, 2.45) is 10.2 Å². The summed E-state index contributed by atoms with van der Waals surface area (Å²) >= 11 is 0. The lowest BCUT2D eigenvalue weighted by atomic mass is 10.2. The number of fused-ring (bicyclic) bond motifs is 1. The molecule has 3 N–H and O–H groups in total. The molecule has 1 heterocycles. The first-order valence-corrected chi connectivity index (χ1v) is 11.0. The van der Waals surface area contributed by atoms with Crippen LogP contribution < -0.4 is 9.46 Å². The largest absolute Gasteiger partial charge is 0.495 e. The predicted octanol–water partition coefficient (Wildman–Crippen LogP) is 5.15. The highest BCUT2D eigenvalue weighted by Crippen LogP contribution is 2.38. The number of sulfonamides is 1. The molecule has 0 aliphatic heterocycles. The summed E-state index contributed by atoms with van der Waals surface area (Å²) in [6.45, 7) is 0. The van der Waals surface area contributed by atoms with Gasteiger partial charge in [0.1, 0.15) is 11.6 Å². The molecule has 0 aliphatic carbocycles. The van der Waals surface area contributed by atoms with Crippen LogP contribution in [0.5, 0.6) is 11.6 Å². The number of para-hydroxylation sites is 2. The molecule has 13 heteroatoms. The van der Waals surface area contributed by atoms with Gasteiger partial charge in [-0.25, -0.2) is 12.8 Å². The number of hydrogen-bond donors (Lipinski definition) is 3. The molecule has 174 valence electrons. The minimum absolute atomic E-state index is 0.127. The molecule has 4 rings (SSSR count). The molecule has 0 bridgehead atoms. The van der Waals surface area contributed by atoms with Crippen molar-refractivity contribution in [1.82, 2.24) is 4.98 Å². The van der Waals surface area contributed by atoms with Gasteiger partial charge in [-0.15, -0.1) is 10.2 Å². The van der Waals surface area contributed by atoms with Crippen LogP contribution in [0.25, 0.3) is 10.9 Å².